The van der Waals surface area contributed by atoms with Crippen LogP contribution in [0.4, 0.5) is 5.69 Å². The lowest BCUT2D eigenvalue weighted by Gasteiger charge is -2.21. The largest absolute Gasteiger partial charge is 0.508 e. The van der Waals surface area contributed by atoms with Crippen molar-refractivity contribution in [2.45, 2.75) is 12.6 Å². The molecule has 34 heavy (non-hydrogen) atoms. The van der Waals surface area contributed by atoms with E-state index in [2.05, 4.69) is 10.3 Å². The molecular formula is C27H20N4O3. The first-order valence-corrected chi connectivity index (χ1v) is 11.0. The lowest BCUT2D eigenvalue weighted by atomic mass is 9.97. The van der Waals surface area contributed by atoms with Crippen molar-refractivity contribution in [2.75, 3.05) is 11.4 Å². The number of fused-ring (bicyclic) bond motifs is 1. The van der Waals surface area contributed by atoms with E-state index in [-0.39, 0.29) is 17.4 Å². The Morgan fingerprint density at radius 2 is 1.76 bits per heavy atom. The second-order valence-corrected chi connectivity index (χ2v) is 8.38. The van der Waals surface area contributed by atoms with Gasteiger partial charge in [-0.3, -0.25) is 14.6 Å². The van der Waals surface area contributed by atoms with Crippen LogP contribution in [-0.2, 0) is 11.2 Å². The molecule has 3 heterocycles. The predicted octanol–water partition coefficient (Wildman–Crippen LogP) is 3.44. The number of phenolic OH excluding ortho intramolecular Hbond substituents is 1. The molecule has 2 aliphatic rings. The molecule has 166 valence electrons. The number of nitrogens with zero attached hydrogens (tertiary/aromatic N) is 3. The summed E-state index contributed by atoms with van der Waals surface area (Å²) in [6.07, 6.45) is 1.14. The fourth-order valence-corrected chi connectivity index (χ4v) is 4.66. The van der Waals surface area contributed by atoms with Gasteiger partial charge in [-0.25, -0.2) is 4.99 Å². The van der Waals surface area contributed by atoms with Crippen LogP contribution >= 0.6 is 0 Å². The van der Waals surface area contributed by atoms with Crippen molar-refractivity contribution < 1.29 is 14.7 Å². The molecule has 1 atom stereocenters. The summed E-state index contributed by atoms with van der Waals surface area (Å²) < 4.78 is 0. The van der Waals surface area contributed by atoms with Gasteiger partial charge in [0, 0.05) is 29.3 Å². The van der Waals surface area contributed by atoms with Crippen LogP contribution in [0.15, 0.2) is 84.0 Å². The lowest BCUT2D eigenvalue weighted by Crippen LogP contribution is -2.47. The average molecular weight is 448 g/mol. The van der Waals surface area contributed by atoms with E-state index in [0.717, 1.165) is 27.6 Å². The van der Waals surface area contributed by atoms with Crippen LogP contribution in [0.5, 0.6) is 5.75 Å². The molecule has 2 N–H and O–H groups in total. The maximum Gasteiger partial charge on any atom is 0.272 e. The Bertz CT molecular complexity index is 1500. The maximum atomic E-state index is 13.5. The molecule has 3 aromatic carbocycles. The number of pyridine rings is 1. The molecule has 0 fully saturated rings. The van der Waals surface area contributed by atoms with E-state index in [0.29, 0.717) is 24.2 Å². The van der Waals surface area contributed by atoms with Gasteiger partial charge < -0.3 is 15.3 Å². The number of aromatic hydroxyl groups is 1. The van der Waals surface area contributed by atoms with Gasteiger partial charge in [-0.15, -0.1) is 0 Å². The Morgan fingerprint density at radius 1 is 1.00 bits per heavy atom. The van der Waals surface area contributed by atoms with Crippen LogP contribution in [-0.4, -0.2) is 40.3 Å². The molecule has 4 aromatic rings. The summed E-state index contributed by atoms with van der Waals surface area (Å²) in [5, 5.41) is 14.9. The number of benzene rings is 3. The van der Waals surface area contributed by atoms with Gasteiger partial charge in [0.2, 0.25) is 6.17 Å². The Morgan fingerprint density at radius 3 is 2.59 bits per heavy atom. The van der Waals surface area contributed by atoms with E-state index in [4.69, 9.17) is 4.99 Å². The van der Waals surface area contributed by atoms with Crippen LogP contribution in [0, 0.1) is 0 Å². The smallest absolute Gasteiger partial charge is 0.272 e. The summed E-state index contributed by atoms with van der Waals surface area (Å²) >= 11 is 0. The predicted molar refractivity (Wildman–Crippen MR) is 129 cm³/mol. The van der Waals surface area contributed by atoms with Crippen molar-refractivity contribution in [3.63, 3.8) is 0 Å². The number of nitrogens with one attached hydrogen (secondary N) is 1. The fourth-order valence-electron chi connectivity index (χ4n) is 4.66. The Kier molecular flexibility index (Phi) is 4.62. The van der Waals surface area contributed by atoms with Crippen molar-refractivity contribution in [3.8, 4) is 5.75 Å². The molecule has 1 unspecified atom stereocenters. The summed E-state index contributed by atoms with van der Waals surface area (Å²) in [6.45, 7) is 0.461. The highest BCUT2D eigenvalue weighted by Gasteiger charge is 2.37. The Balaban J connectivity index is 1.44. The minimum absolute atomic E-state index is 0.120. The van der Waals surface area contributed by atoms with Crippen LogP contribution in [0.1, 0.15) is 27.2 Å². The summed E-state index contributed by atoms with van der Waals surface area (Å²) in [5.41, 5.74) is 3.85. The number of carbonyl (C=O) groups excluding carboxylic acids is 2. The summed E-state index contributed by atoms with van der Waals surface area (Å²) in [5.74, 6) is -0.672. The first kappa shape index (κ1) is 20.1. The molecule has 0 saturated carbocycles. The van der Waals surface area contributed by atoms with Gasteiger partial charge >= 0.3 is 0 Å². The zero-order valence-electron chi connectivity index (χ0n) is 18.1. The highest BCUT2D eigenvalue weighted by molar-refractivity contribution is 6.21. The second-order valence-electron chi connectivity index (χ2n) is 8.38. The number of carbonyl (C=O) groups is 2. The minimum Gasteiger partial charge on any atom is -0.508 e. The first-order chi connectivity index (χ1) is 16.6. The third-order valence-electron chi connectivity index (χ3n) is 6.24. The highest BCUT2D eigenvalue weighted by atomic mass is 16.3. The third-order valence-corrected chi connectivity index (χ3v) is 6.24. The van der Waals surface area contributed by atoms with Gasteiger partial charge in [-0.05, 0) is 35.6 Å². The molecule has 0 spiro atoms. The number of aromatic nitrogens is 1. The third kappa shape index (κ3) is 3.29. The molecule has 1 aromatic heterocycles. The Hall–Kier alpha value is -4.52. The van der Waals surface area contributed by atoms with Crippen molar-refractivity contribution in [1.29, 1.82) is 0 Å². The van der Waals surface area contributed by atoms with Crippen LogP contribution in [0.3, 0.4) is 0 Å². The van der Waals surface area contributed by atoms with E-state index in [1.54, 1.807) is 29.3 Å². The van der Waals surface area contributed by atoms with E-state index in [1.165, 1.54) is 0 Å². The van der Waals surface area contributed by atoms with Crippen LogP contribution < -0.4 is 10.2 Å². The first-order valence-electron chi connectivity index (χ1n) is 11.0. The minimum atomic E-state index is -1.13. The van der Waals surface area contributed by atoms with Crippen LogP contribution in [0.25, 0.3) is 10.8 Å². The SMILES string of the molecule is O=C(NC1N=C(c2ccccc2)c2cc(O)cc3c2N(CC3)C1=O)c1cc2ccccc2cn1. The topological polar surface area (TPSA) is 94.9 Å². The summed E-state index contributed by atoms with van der Waals surface area (Å²) in [6, 6.07) is 22.1. The van der Waals surface area contributed by atoms with Crippen molar-refractivity contribution >= 4 is 34.0 Å². The monoisotopic (exact) mass is 448 g/mol. The Labute approximate surface area is 195 Å². The highest BCUT2D eigenvalue weighted by Crippen LogP contribution is 2.38. The normalized spacial score (nSPS) is 16.7. The van der Waals surface area contributed by atoms with E-state index in [9.17, 15) is 14.7 Å². The van der Waals surface area contributed by atoms with Gasteiger partial charge in [0.1, 0.15) is 11.4 Å². The number of rotatable bonds is 3. The van der Waals surface area contributed by atoms with E-state index < -0.39 is 12.1 Å². The molecule has 2 aliphatic heterocycles. The van der Waals surface area contributed by atoms with Gasteiger partial charge in [-0.1, -0.05) is 54.6 Å². The molecule has 0 saturated heterocycles. The van der Waals surface area contributed by atoms with E-state index in [1.807, 2.05) is 54.6 Å². The second kappa shape index (κ2) is 7.81. The molecule has 6 rings (SSSR count). The lowest BCUT2D eigenvalue weighted by molar-refractivity contribution is -0.120. The van der Waals surface area contributed by atoms with Crippen LogP contribution in [0.2, 0.25) is 0 Å². The number of aliphatic imine (C=N–C) groups is 1. The quantitative estimate of drug-likeness (QED) is 0.502. The number of hydrogen-bond donors (Lipinski definition) is 2. The summed E-state index contributed by atoms with van der Waals surface area (Å²) in [4.78, 5) is 37.3. The zero-order valence-corrected chi connectivity index (χ0v) is 18.1. The van der Waals surface area contributed by atoms with E-state index >= 15 is 0 Å². The fraction of sp³-hybridized carbons (Fsp3) is 0.111. The van der Waals surface area contributed by atoms with Crippen molar-refractivity contribution in [1.82, 2.24) is 10.3 Å². The number of amides is 2. The zero-order chi connectivity index (χ0) is 23.2. The standard InChI is InChI=1S/C27H20N4O3/c32-20-12-18-10-11-31-24(18)21(14-20)23(16-6-2-1-3-7-16)29-25(27(31)34)30-26(33)22-13-17-8-4-5-9-19(17)15-28-22/h1-9,12-15,25,32H,10-11H2,(H,30,33). The molecule has 0 aliphatic carbocycles. The molecule has 7 heteroatoms. The van der Waals surface area contributed by atoms with Gasteiger partial charge in [0.15, 0.2) is 0 Å². The molecule has 0 bridgehead atoms. The number of hydrogen-bond acceptors (Lipinski definition) is 5. The maximum absolute atomic E-state index is 13.5. The molecular weight excluding hydrogens is 428 g/mol. The number of phenols is 1. The van der Waals surface area contributed by atoms with Gasteiger partial charge in [0.05, 0.1) is 11.4 Å². The average Bonchev–Trinajstić information content (AvgIpc) is 3.25. The molecule has 0 radical (unpaired) electrons. The summed E-state index contributed by atoms with van der Waals surface area (Å²) in [7, 11) is 0. The number of anilines is 1. The van der Waals surface area contributed by atoms with Crippen molar-refractivity contribution in [2.24, 2.45) is 4.99 Å². The molecule has 2 amide bonds. The molecule has 7 nitrogen and oxygen atoms in total. The van der Waals surface area contributed by atoms with Gasteiger partial charge in [-0.2, -0.15) is 0 Å². The van der Waals surface area contributed by atoms with Gasteiger partial charge in [0.25, 0.3) is 11.8 Å². The van der Waals surface area contributed by atoms with Crippen molar-refractivity contribution in [3.05, 3.63) is 101 Å².